The van der Waals surface area contributed by atoms with Crippen LogP contribution in [0.5, 0.6) is 0 Å². The number of rotatable bonds is 6. The highest BCUT2D eigenvalue weighted by Crippen LogP contribution is 2.47. The Morgan fingerprint density at radius 3 is 2.64 bits per heavy atom. The second-order valence-electron chi connectivity index (χ2n) is 9.14. The molecule has 4 atom stereocenters. The number of amides is 2. The van der Waals surface area contributed by atoms with Gasteiger partial charge in [-0.2, -0.15) is 0 Å². The Kier molecular flexibility index (Phi) is 7.65. The van der Waals surface area contributed by atoms with Crippen molar-refractivity contribution in [1.29, 1.82) is 0 Å². The van der Waals surface area contributed by atoms with Crippen LogP contribution < -0.4 is 5.48 Å². The quantitative estimate of drug-likeness (QED) is 0.379. The van der Waals surface area contributed by atoms with Gasteiger partial charge in [0.15, 0.2) is 0 Å². The van der Waals surface area contributed by atoms with Gasteiger partial charge in [0.2, 0.25) is 0 Å². The van der Waals surface area contributed by atoms with Gasteiger partial charge in [0.25, 0.3) is 11.8 Å². The van der Waals surface area contributed by atoms with Gasteiger partial charge in [-0.25, -0.2) is 5.48 Å². The Morgan fingerprint density at radius 2 is 1.89 bits per heavy atom. The summed E-state index contributed by atoms with van der Waals surface area (Å²) in [6, 6.07) is 14.8. The van der Waals surface area contributed by atoms with Crippen LogP contribution in [0.4, 0.5) is 0 Å². The molecular formula is C27H26Cl2N2O4S. The molecule has 2 aliphatic rings. The van der Waals surface area contributed by atoms with Gasteiger partial charge in [0.1, 0.15) is 6.61 Å². The van der Waals surface area contributed by atoms with Gasteiger partial charge in [-0.3, -0.25) is 14.4 Å². The van der Waals surface area contributed by atoms with Crippen LogP contribution in [-0.4, -0.2) is 34.0 Å². The second-order valence-corrected chi connectivity index (χ2v) is 11.0. The summed E-state index contributed by atoms with van der Waals surface area (Å²) in [5.41, 5.74) is 4.24. The van der Waals surface area contributed by atoms with Gasteiger partial charge < -0.3 is 10.0 Å². The Bertz CT molecular complexity index is 1250. The standard InChI is InChI=1S/C27H26Cl2N2O4S/c28-16-11-12-20(21(29)14-16)25-24(26(33)30-35-15-17-6-5-13-36-17)18-7-1-2-8-19(18)27(34)31(25)22-9-3-4-10-23(22)32/h1-2,5-8,11-14,22-25,32H,3-4,9-10,15H2,(H,30,33)/t22-,23-,24+,25-/m0/s1. The number of hydrogen-bond donors (Lipinski definition) is 2. The maximum absolute atomic E-state index is 13.9. The first-order valence-corrected chi connectivity index (χ1v) is 13.6. The summed E-state index contributed by atoms with van der Waals surface area (Å²) in [5.74, 6) is -1.43. The average molecular weight is 545 g/mol. The monoisotopic (exact) mass is 544 g/mol. The van der Waals surface area contributed by atoms with Gasteiger partial charge in [-0.05, 0) is 53.6 Å². The fourth-order valence-electron chi connectivity index (χ4n) is 5.32. The molecule has 1 aliphatic heterocycles. The van der Waals surface area contributed by atoms with E-state index in [2.05, 4.69) is 5.48 Å². The number of carbonyl (C=O) groups excluding carboxylic acids is 2. The molecule has 1 fully saturated rings. The zero-order valence-electron chi connectivity index (χ0n) is 19.4. The molecule has 0 radical (unpaired) electrons. The van der Waals surface area contributed by atoms with Crippen LogP contribution in [-0.2, 0) is 16.2 Å². The fraction of sp³-hybridized carbons (Fsp3) is 0.333. The predicted octanol–water partition coefficient (Wildman–Crippen LogP) is 5.89. The SMILES string of the molecule is O=C(NOCc1cccs1)[C@@H]1c2ccccc2C(=O)N([C@H]2CCCC[C@@H]2O)[C@H]1c1ccc(Cl)cc1Cl. The van der Waals surface area contributed by atoms with E-state index in [4.69, 9.17) is 28.0 Å². The number of fused-ring (bicyclic) bond motifs is 1. The van der Waals surface area contributed by atoms with Crippen LogP contribution in [0.15, 0.2) is 60.0 Å². The summed E-state index contributed by atoms with van der Waals surface area (Å²) in [6.07, 6.45) is 2.32. The fourth-order valence-corrected chi connectivity index (χ4v) is 6.46. The minimum atomic E-state index is -0.810. The number of nitrogens with zero attached hydrogens (tertiary/aromatic N) is 1. The molecule has 188 valence electrons. The van der Waals surface area contributed by atoms with Gasteiger partial charge in [0, 0.05) is 20.5 Å². The van der Waals surface area contributed by atoms with Gasteiger partial charge in [0.05, 0.1) is 24.1 Å². The topological polar surface area (TPSA) is 78.9 Å². The summed E-state index contributed by atoms with van der Waals surface area (Å²) in [7, 11) is 0. The summed E-state index contributed by atoms with van der Waals surface area (Å²) < 4.78 is 0. The number of aliphatic hydroxyl groups is 1. The number of aliphatic hydroxyl groups excluding tert-OH is 1. The third-order valence-corrected chi connectivity index (χ3v) is 8.37. The molecule has 5 rings (SSSR count). The second kappa shape index (κ2) is 10.9. The van der Waals surface area contributed by atoms with E-state index in [0.717, 1.165) is 17.7 Å². The molecule has 2 heterocycles. The highest BCUT2D eigenvalue weighted by Gasteiger charge is 2.49. The van der Waals surface area contributed by atoms with E-state index in [1.165, 1.54) is 11.3 Å². The molecule has 6 nitrogen and oxygen atoms in total. The van der Waals surface area contributed by atoms with Crippen molar-refractivity contribution in [3.63, 3.8) is 0 Å². The van der Waals surface area contributed by atoms with Crippen molar-refractivity contribution in [2.45, 2.75) is 56.4 Å². The lowest BCUT2D eigenvalue weighted by Crippen LogP contribution is -2.55. The minimum absolute atomic E-state index is 0.226. The first-order chi connectivity index (χ1) is 17.5. The number of carbonyl (C=O) groups is 2. The third-order valence-electron chi connectivity index (χ3n) is 6.96. The Morgan fingerprint density at radius 1 is 1.08 bits per heavy atom. The largest absolute Gasteiger partial charge is 0.391 e. The summed E-state index contributed by atoms with van der Waals surface area (Å²) in [5, 5.41) is 13.7. The molecule has 0 saturated heterocycles. The van der Waals surface area contributed by atoms with Crippen LogP contribution in [0.3, 0.4) is 0 Å². The van der Waals surface area contributed by atoms with Crippen molar-refractivity contribution >= 4 is 46.4 Å². The molecule has 0 unspecified atom stereocenters. The van der Waals surface area contributed by atoms with Gasteiger partial charge in [-0.15, -0.1) is 11.3 Å². The van der Waals surface area contributed by atoms with E-state index in [0.29, 0.717) is 39.6 Å². The zero-order chi connectivity index (χ0) is 25.2. The molecular weight excluding hydrogens is 519 g/mol. The Labute approximate surface area is 223 Å². The number of halogens is 2. The highest BCUT2D eigenvalue weighted by atomic mass is 35.5. The lowest BCUT2D eigenvalue weighted by molar-refractivity contribution is -0.138. The van der Waals surface area contributed by atoms with Crippen molar-refractivity contribution in [2.75, 3.05) is 0 Å². The summed E-state index contributed by atoms with van der Waals surface area (Å²) >= 11 is 14.4. The number of benzene rings is 2. The van der Waals surface area contributed by atoms with E-state index >= 15 is 0 Å². The van der Waals surface area contributed by atoms with E-state index in [-0.39, 0.29) is 12.5 Å². The molecule has 2 N–H and O–H groups in total. The molecule has 36 heavy (non-hydrogen) atoms. The Hall–Kier alpha value is -2.42. The smallest absolute Gasteiger partial charge is 0.255 e. The van der Waals surface area contributed by atoms with Crippen LogP contribution in [0.1, 0.15) is 64.0 Å². The highest BCUT2D eigenvalue weighted by molar-refractivity contribution is 7.09. The molecule has 1 aliphatic carbocycles. The molecule has 0 spiro atoms. The van der Waals surface area contributed by atoms with Crippen LogP contribution in [0.25, 0.3) is 0 Å². The molecule has 9 heteroatoms. The third kappa shape index (κ3) is 4.91. The van der Waals surface area contributed by atoms with E-state index in [9.17, 15) is 14.7 Å². The number of thiophene rings is 1. The first kappa shape index (κ1) is 25.2. The molecule has 1 aromatic heterocycles. The van der Waals surface area contributed by atoms with E-state index in [1.54, 1.807) is 41.3 Å². The summed E-state index contributed by atoms with van der Waals surface area (Å²) in [4.78, 5) is 35.9. The molecule has 1 saturated carbocycles. The predicted molar refractivity (Wildman–Crippen MR) is 140 cm³/mol. The first-order valence-electron chi connectivity index (χ1n) is 11.9. The van der Waals surface area contributed by atoms with Gasteiger partial charge >= 0.3 is 0 Å². The molecule has 0 bridgehead atoms. The maximum atomic E-state index is 13.9. The minimum Gasteiger partial charge on any atom is -0.391 e. The van der Waals surface area contributed by atoms with E-state index in [1.807, 2.05) is 23.6 Å². The maximum Gasteiger partial charge on any atom is 0.255 e. The van der Waals surface area contributed by atoms with Crippen LogP contribution in [0.2, 0.25) is 10.0 Å². The normalized spacial score (nSPS) is 23.9. The lowest BCUT2D eigenvalue weighted by atomic mass is 9.77. The summed E-state index contributed by atoms with van der Waals surface area (Å²) in [6.45, 7) is 0.230. The van der Waals surface area contributed by atoms with Gasteiger partial charge in [-0.1, -0.05) is 66.4 Å². The van der Waals surface area contributed by atoms with Crippen molar-refractivity contribution in [1.82, 2.24) is 10.4 Å². The number of hydrogen-bond acceptors (Lipinski definition) is 5. The van der Waals surface area contributed by atoms with Crippen molar-refractivity contribution in [3.05, 3.63) is 91.6 Å². The lowest BCUT2D eigenvalue weighted by Gasteiger charge is -2.48. The zero-order valence-corrected chi connectivity index (χ0v) is 21.7. The Balaban J connectivity index is 1.59. The molecule has 2 aromatic carbocycles. The van der Waals surface area contributed by atoms with E-state index < -0.39 is 30.0 Å². The van der Waals surface area contributed by atoms with Crippen molar-refractivity contribution in [3.8, 4) is 0 Å². The molecule has 2 amide bonds. The number of nitrogens with one attached hydrogen (secondary N) is 1. The molecule has 3 aromatic rings. The van der Waals surface area contributed by atoms with Crippen LogP contribution >= 0.6 is 34.5 Å². The van der Waals surface area contributed by atoms with Crippen LogP contribution in [0, 0.1) is 0 Å². The number of hydroxylamine groups is 1. The van der Waals surface area contributed by atoms with Crippen molar-refractivity contribution in [2.24, 2.45) is 0 Å². The average Bonchev–Trinajstić information content (AvgIpc) is 3.38. The van der Waals surface area contributed by atoms with Crippen molar-refractivity contribution < 1.29 is 19.5 Å².